The highest BCUT2D eigenvalue weighted by atomic mass is 16.2. The first-order chi connectivity index (χ1) is 8.96. The van der Waals surface area contributed by atoms with Crippen molar-refractivity contribution in [2.24, 2.45) is 11.1 Å². The minimum absolute atomic E-state index is 0.219. The molecule has 0 aromatic heterocycles. The lowest BCUT2D eigenvalue weighted by molar-refractivity contribution is -0.142. The van der Waals surface area contributed by atoms with E-state index in [1.807, 2.05) is 18.7 Å². The van der Waals surface area contributed by atoms with E-state index in [4.69, 9.17) is 5.73 Å². The van der Waals surface area contributed by atoms with E-state index < -0.39 is 0 Å². The molecule has 19 heavy (non-hydrogen) atoms. The molecular weight excluding hydrogens is 238 g/mol. The van der Waals surface area contributed by atoms with Gasteiger partial charge in [0.1, 0.15) is 0 Å². The fraction of sp³-hybridized carbons (Fsp3) is 0.933. The Morgan fingerprint density at radius 2 is 1.79 bits per heavy atom. The predicted octanol–water partition coefficient (Wildman–Crippen LogP) is 1.69. The number of hydrogen-bond donors (Lipinski definition) is 1. The summed E-state index contributed by atoms with van der Waals surface area (Å²) in [5.41, 5.74) is 5.45. The van der Waals surface area contributed by atoms with Gasteiger partial charge in [-0.25, -0.2) is 0 Å². The van der Waals surface area contributed by atoms with E-state index in [1.54, 1.807) is 0 Å². The number of hydrogen-bond acceptors (Lipinski definition) is 3. The molecule has 0 saturated carbocycles. The number of carbonyl (C=O) groups is 1. The van der Waals surface area contributed by atoms with Crippen molar-refractivity contribution < 1.29 is 4.79 Å². The maximum absolute atomic E-state index is 12.4. The molecule has 0 aliphatic carbocycles. The van der Waals surface area contributed by atoms with Gasteiger partial charge in [-0.1, -0.05) is 27.7 Å². The first-order valence-electron chi connectivity index (χ1n) is 7.69. The standard InChI is InChI=1S/C15H31N3O/c1-5-13(7-8-16)17-9-11-18(12-10-17)14(19)15(3,4)6-2/h13H,5-12,16H2,1-4H3. The summed E-state index contributed by atoms with van der Waals surface area (Å²) >= 11 is 0. The van der Waals surface area contributed by atoms with E-state index in [0.29, 0.717) is 11.9 Å². The summed E-state index contributed by atoms with van der Waals surface area (Å²) in [5, 5.41) is 0. The van der Waals surface area contributed by atoms with Crippen LogP contribution in [0.15, 0.2) is 0 Å². The number of nitrogens with two attached hydrogens (primary N) is 1. The van der Waals surface area contributed by atoms with Crippen LogP contribution in [0.3, 0.4) is 0 Å². The Morgan fingerprint density at radius 1 is 1.21 bits per heavy atom. The fourth-order valence-corrected chi connectivity index (χ4v) is 2.71. The van der Waals surface area contributed by atoms with E-state index in [9.17, 15) is 4.79 Å². The van der Waals surface area contributed by atoms with Gasteiger partial charge in [0.25, 0.3) is 0 Å². The molecular formula is C15H31N3O. The van der Waals surface area contributed by atoms with Crippen LogP contribution in [-0.4, -0.2) is 54.5 Å². The van der Waals surface area contributed by atoms with Gasteiger partial charge in [-0.3, -0.25) is 9.69 Å². The van der Waals surface area contributed by atoms with Crippen molar-refractivity contribution in [2.45, 2.75) is 53.0 Å². The second-order valence-electron chi connectivity index (χ2n) is 6.21. The molecule has 0 bridgehead atoms. The average molecular weight is 269 g/mol. The topological polar surface area (TPSA) is 49.6 Å². The molecule has 1 unspecified atom stereocenters. The zero-order valence-corrected chi connectivity index (χ0v) is 13.1. The number of piperazine rings is 1. The minimum Gasteiger partial charge on any atom is -0.340 e. The van der Waals surface area contributed by atoms with Crippen LogP contribution in [0.2, 0.25) is 0 Å². The molecule has 1 amide bonds. The van der Waals surface area contributed by atoms with Crippen molar-refractivity contribution in [3.63, 3.8) is 0 Å². The van der Waals surface area contributed by atoms with Crippen LogP contribution in [0.4, 0.5) is 0 Å². The molecule has 0 radical (unpaired) electrons. The third-order valence-corrected chi connectivity index (χ3v) is 4.55. The molecule has 4 heteroatoms. The Labute approximate surface area is 118 Å². The molecule has 0 aromatic carbocycles. The number of rotatable bonds is 6. The first-order valence-corrected chi connectivity index (χ1v) is 7.69. The van der Waals surface area contributed by atoms with Gasteiger partial charge in [-0.2, -0.15) is 0 Å². The van der Waals surface area contributed by atoms with Crippen molar-refractivity contribution >= 4 is 5.91 Å². The number of amides is 1. The second-order valence-corrected chi connectivity index (χ2v) is 6.21. The summed E-state index contributed by atoms with van der Waals surface area (Å²) in [6, 6.07) is 0.585. The van der Waals surface area contributed by atoms with Crippen molar-refractivity contribution in [3.8, 4) is 0 Å². The highest BCUT2D eigenvalue weighted by molar-refractivity contribution is 5.82. The molecule has 1 fully saturated rings. The Kier molecular flexibility index (Phi) is 6.27. The largest absolute Gasteiger partial charge is 0.340 e. The van der Waals surface area contributed by atoms with Gasteiger partial charge in [-0.15, -0.1) is 0 Å². The summed E-state index contributed by atoms with van der Waals surface area (Å²) in [7, 11) is 0. The molecule has 1 saturated heterocycles. The Morgan fingerprint density at radius 3 is 2.21 bits per heavy atom. The molecule has 1 atom stereocenters. The maximum atomic E-state index is 12.4. The molecule has 0 spiro atoms. The normalized spacial score (nSPS) is 19.5. The lowest BCUT2D eigenvalue weighted by atomic mass is 9.88. The number of carbonyl (C=O) groups excluding carboxylic acids is 1. The molecule has 1 heterocycles. The van der Waals surface area contributed by atoms with Gasteiger partial charge in [-0.05, 0) is 25.8 Å². The molecule has 2 N–H and O–H groups in total. The van der Waals surface area contributed by atoms with Crippen LogP contribution in [0.1, 0.15) is 47.0 Å². The van der Waals surface area contributed by atoms with Gasteiger partial charge < -0.3 is 10.6 Å². The molecule has 0 aromatic rings. The highest BCUT2D eigenvalue weighted by Crippen LogP contribution is 2.24. The van der Waals surface area contributed by atoms with E-state index in [-0.39, 0.29) is 5.41 Å². The summed E-state index contributed by atoms with van der Waals surface area (Å²) < 4.78 is 0. The summed E-state index contributed by atoms with van der Waals surface area (Å²) in [5.74, 6) is 0.307. The average Bonchev–Trinajstić information content (AvgIpc) is 2.44. The van der Waals surface area contributed by atoms with Crippen molar-refractivity contribution in [1.82, 2.24) is 9.80 Å². The Balaban J connectivity index is 2.51. The molecule has 1 aliphatic heterocycles. The zero-order valence-electron chi connectivity index (χ0n) is 13.1. The SMILES string of the molecule is CCC(CCN)N1CCN(C(=O)C(C)(C)CC)CC1. The van der Waals surface area contributed by atoms with E-state index in [1.165, 1.54) is 0 Å². The van der Waals surface area contributed by atoms with Crippen molar-refractivity contribution in [3.05, 3.63) is 0 Å². The quantitative estimate of drug-likeness (QED) is 0.798. The highest BCUT2D eigenvalue weighted by Gasteiger charge is 2.32. The van der Waals surface area contributed by atoms with Gasteiger partial charge in [0.15, 0.2) is 0 Å². The summed E-state index contributed by atoms with van der Waals surface area (Å²) in [6.07, 6.45) is 3.10. The summed E-state index contributed by atoms with van der Waals surface area (Å²) in [4.78, 5) is 16.9. The van der Waals surface area contributed by atoms with Gasteiger partial charge in [0.2, 0.25) is 5.91 Å². The van der Waals surface area contributed by atoms with Crippen LogP contribution in [0, 0.1) is 5.41 Å². The van der Waals surface area contributed by atoms with E-state index >= 15 is 0 Å². The summed E-state index contributed by atoms with van der Waals surface area (Å²) in [6.45, 7) is 12.9. The lowest BCUT2D eigenvalue weighted by Gasteiger charge is -2.41. The maximum Gasteiger partial charge on any atom is 0.228 e. The predicted molar refractivity (Wildman–Crippen MR) is 80.0 cm³/mol. The fourth-order valence-electron chi connectivity index (χ4n) is 2.71. The second kappa shape index (κ2) is 7.25. The zero-order chi connectivity index (χ0) is 14.5. The molecule has 112 valence electrons. The third kappa shape index (κ3) is 4.18. The molecule has 1 rings (SSSR count). The molecule has 4 nitrogen and oxygen atoms in total. The molecule has 1 aliphatic rings. The van der Waals surface area contributed by atoms with Crippen molar-refractivity contribution in [2.75, 3.05) is 32.7 Å². The minimum atomic E-state index is -0.219. The van der Waals surface area contributed by atoms with Gasteiger partial charge in [0, 0.05) is 37.6 Å². The van der Waals surface area contributed by atoms with E-state index in [0.717, 1.165) is 52.0 Å². The van der Waals surface area contributed by atoms with Crippen LogP contribution >= 0.6 is 0 Å². The lowest BCUT2D eigenvalue weighted by Crippen LogP contribution is -2.54. The van der Waals surface area contributed by atoms with Crippen LogP contribution in [-0.2, 0) is 4.79 Å². The Bertz CT molecular complexity index is 283. The monoisotopic (exact) mass is 269 g/mol. The van der Waals surface area contributed by atoms with Crippen LogP contribution in [0.25, 0.3) is 0 Å². The third-order valence-electron chi connectivity index (χ3n) is 4.55. The van der Waals surface area contributed by atoms with E-state index in [2.05, 4.69) is 18.7 Å². The van der Waals surface area contributed by atoms with Crippen LogP contribution in [0.5, 0.6) is 0 Å². The van der Waals surface area contributed by atoms with Crippen LogP contribution < -0.4 is 5.73 Å². The van der Waals surface area contributed by atoms with Gasteiger partial charge >= 0.3 is 0 Å². The first kappa shape index (κ1) is 16.4. The van der Waals surface area contributed by atoms with Gasteiger partial charge in [0.05, 0.1) is 0 Å². The smallest absolute Gasteiger partial charge is 0.228 e. The Hall–Kier alpha value is -0.610. The number of nitrogens with zero attached hydrogens (tertiary/aromatic N) is 2. The van der Waals surface area contributed by atoms with Crippen molar-refractivity contribution in [1.29, 1.82) is 0 Å².